The SMILES string of the molecule is Cc1ccc(C#N)c(N2CCCC(CCC(=O)O)C2)n1. The number of nitrogens with zero attached hydrogens (tertiary/aromatic N) is 3. The van der Waals surface area contributed by atoms with Crippen molar-refractivity contribution < 1.29 is 9.90 Å². The summed E-state index contributed by atoms with van der Waals surface area (Å²) in [7, 11) is 0. The third-order valence-electron chi connectivity index (χ3n) is 3.72. The van der Waals surface area contributed by atoms with E-state index in [2.05, 4.69) is 16.0 Å². The minimum Gasteiger partial charge on any atom is -0.481 e. The van der Waals surface area contributed by atoms with Gasteiger partial charge in [-0.3, -0.25) is 4.79 Å². The van der Waals surface area contributed by atoms with Crippen LogP contribution in [0.1, 0.15) is 36.9 Å². The second-order valence-corrected chi connectivity index (χ2v) is 5.32. The van der Waals surface area contributed by atoms with Crippen LogP contribution in [0.5, 0.6) is 0 Å². The summed E-state index contributed by atoms with van der Waals surface area (Å²) in [5, 5.41) is 18.0. The van der Waals surface area contributed by atoms with E-state index in [-0.39, 0.29) is 6.42 Å². The minimum absolute atomic E-state index is 0.213. The van der Waals surface area contributed by atoms with Crippen LogP contribution < -0.4 is 4.90 Å². The highest BCUT2D eigenvalue weighted by Gasteiger charge is 2.23. The van der Waals surface area contributed by atoms with Crippen LogP contribution in [-0.2, 0) is 4.79 Å². The van der Waals surface area contributed by atoms with E-state index in [9.17, 15) is 10.1 Å². The molecule has 1 unspecified atom stereocenters. The summed E-state index contributed by atoms with van der Waals surface area (Å²) in [5.41, 5.74) is 1.49. The van der Waals surface area contributed by atoms with Gasteiger partial charge in [0, 0.05) is 25.2 Å². The Bertz CT molecular complexity index is 536. The van der Waals surface area contributed by atoms with Crippen LogP contribution in [0.3, 0.4) is 0 Å². The number of piperidine rings is 1. The Hall–Kier alpha value is -2.09. The molecule has 106 valence electrons. The van der Waals surface area contributed by atoms with E-state index in [1.807, 2.05) is 13.0 Å². The van der Waals surface area contributed by atoms with Crippen LogP contribution in [0, 0.1) is 24.2 Å². The molecule has 20 heavy (non-hydrogen) atoms. The number of pyridine rings is 1. The molecular weight excluding hydrogens is 254 g/mol. The molecule has 2 heterocycles. The Morgan fingerprint density at radius 1 is 1.60 bits per heavy atom. The van der Waals surface area contributed by atoms with Crippen molar-refractivity contribution in [3.05, 3.63) is 23.4 Å². The first-order chi connectivity index (χ1) is 9.60. The molecule has 1 atom stereocenters. The van der Waals surface area contributed by atoms with Crippen molar-refractivity contribution in [2.75, 3.05) is 18.0 Å². The van der Waals surface area contributed by atoms with Crippen LogP contribution in [0.4, 0.5) is 5.82 Å². The lowest BCUT2D eigenvalue weighted by Crippen LogP contribution is -2.36. The Kier molecular flexibility index (Phi) is 4.57. The lowest BCUT2D eigenvalue weighted by molar-refractivity contribution is -0.137. The van der Waals surface area contributed by atoms with Crippen LogP contribution in [0.15, 0.2) is 12.1 Å². The van der Waals surface area contributed by atoms with Crippen LogP contribution in [0.25, 0.3) is 0 Å². The maximum atomic E-state index is 10.7. The summed E-state index contributed by atoms with van der Waals surface area (Å²) in [4.78, 5) is 17.3. The van der Waals surface area contributed by atoms with Gasteiger partial charge < -0.3 is 10.0 Å². The van der Waals surface area contributed by atoms with Gasteiger partial charge in [0.1, 0.15) is 11.9 Å². The van der Waals surface area contributed by atoms with Gasteiger partial charge in [-0.05, 0) is 44.2 Å². The average molecular weight is 273 g/mol. The lowest BCUT2D eigenvalue weighted by atomic mass is 9.93. The highest BCUT2D eigenvalue weighted by molar-refractivity contribution is 5.66. The monoisotopic (exact) mass is 273 g/mol. The maximum absolute atomic E-state index is 10.7. The molecule has 1 aliphatic rings. The molecule has 0 aliphatic carbocycles. The molecule has 1 aromatic rings. The number of anilines is 1. The van der Waals surface area contributed by atoms with Gasteiger partial charge in [-0.2, -0.15) is 5.26 Å². The normalized spacial score (nSPS) is 18.6. The number of carboxylic acid groups (broad SMARTS) is 1. The molecular formula is C15H19N3O2. The summed E-state index contributed by atoms with van der Waals surface area (Å²) < 4.78 is 0. The second kappa shape index (κ2) is 6.38. The van der Waals surface area contributed by atoms with Gasteiger partial charge in [0.25, 0.3) is 0 Å². The standard InChI is InChI=1S/C15H19N3O2/c1-11-4-6-13(9-16)15(17-11)18-8-2-3-12(10-18)5-7-14(19)20/h4,6,12H,2-3,5,7-8,10H2,1H3,(H,19,20). The van der Waals surface area contributed by atoms with E-state index in [0.717, 1.165) is 37.4 Å². The largest absolute Gasteiger partial charge is 0.481 e. The zero-order valence-corrected chi connectivity index (χ0v) is 11.7. The number of hydrogen-bond donors (Lipinski definition) is 1. The predicted octanol–water partition coefficient (Wildman–Crippen LogP) is 2.34. The number of hydrogen-bond acceptors (Lipinski definition) is 4. The smallest absolute Gasteiger partial charge is 0.303 e. The van der Waals surface area contributed by atoms with Crippen molar-refractivity contribution in [2.45, 2.75) is 32.6 Å². The Balaban J connectivity index is 2.11. The molecule has 5 nitrogen and oxygen atoms in total. The summed E-state index contributed by atoms with van der Waals surface area (Å²) in [6.45, 7) is 3.59. The molecule has 1 fully saturated rings. The quantitative estimate of drug-likeness (QED) is 0.911. The van der Waals surface area contributed by atoms with Crippen molar-refractivity contribution in [1.82, 2.24) is 4.98 Å². The molecule has 0 radical (unpaired) electrons. The van der Waals surface area contributed by atoms with Crippen molar-refractivity contribution >= 4 is 11.8 Å². The molecule has 0 bridgehead atoms. The van der Waals surface area contributed by atoms with E-state index in [0.29, 0.717) is 17.9 Å². The lowest BCUT2D eigenvalue weighted by Gasteiger charge is -2.34. The van der Waals surface area contributed by atoms with Gasteiger partial charge in [-0.15, -0.1) is 0 Å². The molecule has 1 saturated heterocycles. The van der Waals surface area contributed by atoms with E-state index >= 15 is 0 Å². The molecule has 0 aromatic carbocycles. The molecule has 0 saturated carbocycles. The van der Waals surface area contributed by atoms with Crippen LogP contribution >= 0.6 is 0 Å². The van der Waals surface area contributed by atoms with E-state index < -0.39 is 5.97 Å². The van der Waals surface area contributed by atoms with Gasteiger partial charge >= 0.3 is 5.97 Å². The van der Waals surface area contributed by atoms with E-state index in [1.54, 1.807) is 6.07 Å². The fraction of sp³-hybridized carbons (Fsp3) is 0.533. The number of aryl methyl sites for hydroxylation is 1. The highest BCUT2D eigenvalue weighted by atomic mass is 16.4. The summed E-state index contributed by atoms with van der Waals surface area (Å²) in [5.74, 6) is 0.370. The Morgan fingerprint density at radius 3 is 3.10 bits per heavy atom. The fourth-order valence-electron chi connectivity index (χ4n) is 2.69. The zero-order chi connectivity index (χ0) is 14.5. The van der Waals surface area contributed by atoms with Gasteiger partial charge in [0.05, 0.1) is 5.56 Å². The number of aromatic nitrogens is 1. The number of carbonyl (C=O) groups is 1. The number of aliphatic carboxylic acids is 1. The molecule has 0 spiro atoms. The first kappa shape index (κ1) is 14.3. The Morgan fingerprint density at radius 2 is 2.40 bits per heavy atom. The average Bonchev–Trinajstić information content (AvgIpc) is 2.45. The number of carboxylic acids is 1. The third-order valence-corrected chi connectivity index (χ3v) is 3.72. The minimum atomic E-state index is -0.742. The summed E-state index contributed by atoms with van der Waals surface area (Å²) in [6, 6.07) is 5.83. The molecule has 1 aliphatic heterocycles. The molecule has 0 amide bonds. The van der Waals surface area contributed by atoms with Crippen molar-refractivity contribution in [1.29, 1.82) is 5.26 Å². The maximum Gasteiger partial charge on any atom is 0.303 e. The van der Waals surface area contributed by atoms with Gasteiger partial charge in [-0.1, -0.05) is 0 Å². The molecule has 2 rings (SSSR count). The second-order valence-electron chi connectivity index (χ2n) is 5.32. The van der Waals surface area contributed by atoms with Gasteiger partial charge in [-0.25, -0.2) is 4.98 Å². The predicted molar refractivity (Wildman–Crippen MR) is 75.5 cm³/mol. The van der Waals surface area contributed by atoms with Gasteiger partial charge in [0.2, 0.25) is 0 Å². The van der Waals surface area contributed by atoms with Crippen LogP contribution in [-0.4, -0.2) is 29.1 Å². The van der Waals surface area contributed by atoms with E-state index in [4.69, 9.17) is 5.11 Å². The zero-order valence-electron chi connectivity index (χ0n) is 11.7. The highest BCUT2D eigenvalue weighted by Crippen LogP contribution is 2.27. The third kappa shape index (κ3) is 3.47. The summed E-state index contributed by atoms with van der Waals surface area (Å²) in [6.07, 6.45) is 2.98. The summed E-state index contributed by atoms with van der Waals surface area (Å²) >= 11 is 0. The topological polar surface area (TPSA) is 77.2 Å². The molecule has 1 N–H and O–H groups in total. The first-order valence-corrected chi connectivity index (χ1v) is 6.94. The van der Waals surface area contributed by atoms with Crippen LogP contribution in [0.2, 0.25) is 0 Å². The van der Waals surface area contributed by atoms with Crippen molar-refractivity contribution in [3.8, 4) is 6.07 Å². The number of rotatable bonds is 4. The first-order valence-electron chi connectivity index (χ1n) is 6.94. The Labute approximate surface area is 118 Å². The molecule has 5 heteroatoms. The number of nitriles is 1. The fourth-order valence-corrected chi connectivity index (χ4v) is 2.69. The molecule has 1 aromatic heterocycles. The van der Waals surface area contributed by atoms with E-state index in [1.165, 1.54) is 0 Å². The van der Waals surface area contributed by atoms with Crippen molar-refractivity contribution in [2.24, 2.45) is 5.92 Å². The van der Waals surface area contributed by atoms with Gasteiger partial charge in [0.15, 0.2) is 0 Å². The van der Waals surface area contributed by atoms with Crippen molar-refractivity contribution in [3.63, 3.8) is 0 Å².